The van der Waals surface area contributed by atoms with Crippen molar-refractivity contribution in [2.75, 3.05) is 63.9 Å². The van der Waals surface area contributed by atoms with Crippen LogP contribution in [-0.2, 0) is 14.9 Å². The minimum Gasteiger partial charge on any atom is -0.748 e. The Balaban J connectivity index is 0.000000738. The van der Waals surface area contributed by atoms with Crippen LogP contribution in [0.15, 0.2) is 36.4 Å². The zero-order valence-corrected chi connectivity index (χ0v) is 23.0. The fourth-order valence-electron chi connectivity index (χ4n) is 4.14. The summed E-state index contributed by atoms with van der Waals surface area (Å²) in [6.07, 6.45) is -0.0394. The maximum atomic E-state index is 13.0. The molecule has 16 heteroatoms. The summed E-state index contributed by atoms with van der Waals surface area (Å²) in [4.78, 5) is 24.8. The Hall–Kier alpha value is -4.12. The number of hydrogen-bond acceptors (Lipinski definition) is 11. The van der Waals surface area contributed by atoms with Gasteiger partial charge in [-0.3, -0.25) is 9.69 Å². The summed E-state index contributed by atoms with van der Waals surface area (Å²) in [5.41, 5.74) is 6.98. The monoisotopic (exact) mass is 583 g/mol. The zero-order valence-electron chi connectivity index (χ0n) is 22.2. The third-order valence-corrected chi connectivity index (χ3v) is 5.94. The first-order valence-electron chi connectivity index (χ1n) is 11.6. The molecule has 1 amide bonds. The van der Waals surface area contributed by atoms with E-state index in [-0.39, 0.29) is 23.5 Å². The largest absolute Gasteiger partial charge is 0.748 e. The molecule has 1 fully saturated rings. The van der Waals surface area contributed by atoms with E-state index >= 15 is 0 Å². The van der Waals surface area contributed by atoms with Crippen molar-refractivity contribution in [1.29, 1.82) is 0 Å². The van der Waals surface area contributed by atoms with Gasteiger partial charge in [-0.25, -0.2) is 13.4 Å². The van der Waals surface area contributed by atoms with Crippen LogP contribution in [-0.4, -0.2) is 99.1 Å². The molecule has 1 saturated heterocycles. The summed E-state index contributed by atoms with van der Waals surface area (Å²) in [5.74, 6) is 3.49. The summed E-state index contributed by atoms with van der Waals surface area (Å²) >= 11 is 0. The highest BCUT2D eigenvalue weighted by Gasteiger charge is 2.34. The predicted octanol–water partition coefficient (Wildman–Crippen LogP) is -1.35. The van der Waals surface area contributed by atoms with Crippen molar-refractivity contribution < 1.29 is 52.6 Å². The van der Waals surface area contributed by atoms with Gasteiger partial charge in [0.05, 0.1) is 42.8 Å². The van der Waals surface area contributed by atoms with Crippen LogP contribution in [0, 0.1) is 0 Å². The van der Waals surface area contributed by atoms with Gasteiger partial charge < -0.3 is 45.1 Å². The molecule has 220 valence electrons. The number of nitrogens with two attached hydrogens (primary N) is 1. The van der Waals surface area contributed by atoms with Gasteiger partial charge in [-0.05, 0) is 12.1 Å². The van der Waals surface area contributed by atoms with E-state index in [0.717, 1.165) is 5.39 Å². The average molecular weight is 584 g/mol. The Morgan fingerprint density at radius 3 is 2.25 bits per heavy atom. The molecule has 2 aliphatic rings. The summed E-state index contributed by atoms with van der Waals surface area (Å²) in [6.45, 7) is 2.51. The van der Waals surface area contributed by atoms with Crippen molar-refractivity contribution in [3.05, 3.63) is 36.4 Å². The lowest BCUT2D eigenvalue weighted by molar-refractivity contribution is -0.348. The third kappa shape index (κ3) is 7.50. The van der Waals surface area contributed by atoms with Gasteiger partial charge in [0.1, 0.15) is 12.1 Å². The number of nitrogen functional groups attached to an aromatic ring is 1. The molecule has 0 aliphatic carbocycles. The molecule has 0 radical (unpaired) electrons. The van der Waals surface area contributed by atoms with E-state index in [1.54, 1.807) is 31.3 Å². The van der Waals surface area contributed by atoms with Crippen molar-refractivity contribution in [1.82, 2.24) is 9.88 Å². The van der Waals surface area contributed by atoms with Crippen molar-refractivity contribution in [2.45, 2.75) is 6.10 Å². The third-order valence-electron chi connectivity index (χ3n) is 5.94. The van der Waals surface area contributed by atoms with Gasteiger partial charge in [-0.2, -0.15) is 0 Å². The highest BCUT2D eigenvalue weighted by atomic mass is 32.2. The number of anilines is 2. The summed E-state index contributed by atoms with van der Waals surface area (Å²) in [7, 11) is -0.756. The Labute approximate surface area is 230 Å². The molecule has 0 bridgehead atoms. The highest BCUT2D eigenvalue weighted by Crippen LogP contribution is 2.33. The van der Waals surface area contributed by atoms with Gasteiger partial charge in [0.25, 0.3) is 5.91 Å². The number of carbonyl (C=O) groups excluding carboxylic acids is 1. The molecule has 5 rings (SSSR count). The van der Waals surface area contributed by atoms with Crippen LogP contribution in [0.5, 0.6) is 23.0 Å². The number of fused-ring (bicyclic) bond motifs is 2. The van der Waals surface area contributed by atoms with Crippen LogP contribution in [0.2, 0.25) is 0 Å². The quantitative estimate of drug-likeness (QED) is 0.352. The van der Waals surface area contributed by atoms with Gasteiger partial charge in [0.15, 0.2) is 23.0 Å². The molecule has 15 nitrogen and oxygen atoms in total. The summed E-state index contributed by atoms with van der Waals surface area (Å²) < 4.78 is 49.6. The number of nitrogens with zero attached hydrogens (tertiary/aromatic N) is 3. The van der Waals surface area contributed by atoms with Crippen molar-refractivity contribution >= 4 is 38.7 Å². The van der Waals surface area contributed by atoms with Crippen molar-refractivity contribution in [2.24, 2.45) is 0 Å². The Bertz CT molecular complexity index is 1420. The van der Waals surface area contributed by atoms with Gasteiger partial charge in [0, 0.05) is 31.5 Å². The highest BCUT2D eigenvalue weighted by molar-refractivity contribution is 7.84. The number of rotatable bonds is 4. The van der Waals surface area contributed by atoms with E-state index in [4.69, 9.17) is 42.6 Å². The second kappa shape index (κ2) is 13.3. The number of nitrogens with one attached hydrogen (secondary N) is 1. The number of H-pyrrole nitrogens is 1. The van der Waals surface area contributed by atoms with Gasteiger partial charge in [-0.15, -0.1) is 4.98 Å². The van der Waals surface area contributed by atoms with Crippen LogP contribution >= 0.6 is 0 Å². The second-order valence-corrected chi connectivity index (χ2v) is 9.99. The van der Waals surface area contributed by atoms with E-state index in [1.165, 1.54) is 0 Å². The number of carbonyl (C=O) groups is 1. The van der Waals surface area contributed by atoms with E-state index in [9.17, 15) is 4.79 Å². The maximum absolute atomic E-state index is 13.0. The van der Waals surface area contributed by atoms with Gasteiger partial charge in [-0.1, -0.05) is 12.1 Å². The van der Waals surface area contributed by atoms with Crippen LogP contribution in [0.4, 0.5) is 11.8 Å². The summed E-state index contributed by atoms with van der Waals surface area (Å²) in [6, 6.07) is 11.0. The fraction of sp³-hybridized carbons (Fsp3) is 0.375. The minimum atomic E-state index is -3.92. The molecule has 7 N–H and O–H groups in total. The molecule has 1 atom stereocenters. The molecule has 2 aliphatic heterocycles. The number of ether oxygens (including phenoxy) is 4. The number of piperazine rings is 1. The fourth-order valence-corrected chi connectivity index (χ4v) is 4.14. The molecule has 3 aromatic rings. The van der Waals surface area contributed by atoms with Crippen LogP contribution in [0.1, 0.15) is 0 Å². The summed E-state index contributed by atoms with van der Waals surface area (Å²) in [5, 5.41) is 0.750. The maximum Gasteiger partial charge on any atom is 0.347 e. The van der Waals surface area contributed by atoms with Crippen molar-refractivity contribution in [3.8, 4) is 23.0 Å². The van der Waals surface area contributed by atoms with Crippen molar-refractivity contribution in [3.63, 3.8) is 0 Å². The molecule has 40 heavy (non-hydrogen) atoms. The van der Waals surface area contributed by atoms with E-state index in [2.05, 4.69) is 9.88 Å². The van der Waals surface area contributed by atoms with Crippen LogP contribution < -0.4 is 34.6 Å². The molecule has 0 unspecified atom stereocenters. The number of amides is 1. The number of aromatic nitrogens is 2. The lowest BCUT2D eigenvalue weighted by Crippen LogP contribution is -2.55. The predicted molar refractivity (Wildman–Crippen MR) is 144 cm³/mol. The molecule has 3 heterocycles. The van der Waals surface area contributed by atoms with Crippen LogP contribution in [0.3, 0.4) is 0 Å². The first-order valence-corrected chi connectivity index (χ1v) is 13.5. The lowest BCUT2D eigenvalue weighted by Gasteiger charge is -2.35. The Morgan fingerprint density at radius 1 is 1.07 bits per heavy atom. The molecule has 0 saturated carbocycles. The molecule has 2 aromatic carbocycles. The number of para-hydroxylation sites is 2. The Kier molecular flexibility index (Phi) is 10.7. The first kappa shape index (κ1) is 32.1. The van der Waals surface area contributed by atoms with E-state index in [1.807, 2.05) is 24.3 Å². The minimum absolute atomic E-state index is 0. The number of benzene rings is 2. The normalized spacial score (nSPS) is 16.1. The zero-order chi connectivity index (χ0) is 27.4. The van der Waals surface area contributed by atoms with E-state index < -0.39 is 16.2 Å². The molecular weight excluding hydrogens is 550 g/mol. The standard InChI is InChI=1S/C23H25N5O5.CH4O3S.2H2O/c1-30-18-11-14-15(12-19(18)31-2)25-23(26-21(14)24)28-9-7-27(8-10-28)22(29)20-13-32-16-5-3-4-6-17(16)33-20;1-5(2,3)4;;/h3-6,11-12,20H,7-10,13H2,1-2H3,(H2,24,25,26);1H3,(H,2,3,4);2*1H2/t20-;;;/m0.../s1. The van der Waals surface area contributed by atoms with Gasteiger partial charge in [0.2, 0.25) is 11.9 Å². The Morgan fingerprint density at radius 2 is 1.65 bits per heavy atom. The molecular formula is C24H33N5O10S. The first-order chi connectivity index (χ1) is 18.1. The topological polar surface area (TPSA) is 234 Å². The lowest BCUT2D eigenvalue weighted by atomic mass is 10.2. The van der Waals surface area contributed by atoms with Crippen LogP contribution in [0.25, 0.3) is 10.9 Å². The SMILES string of the molecule is COc1cc2nc(N3CCN(C(=O)[C@@H]4COc5ccccc5O4)CC3)[nH+]c(N)c2cc1OC.CS(=O)(=O)[O-].O.O. The number of hydrogen-bond donors (Lipinski definition) is 1. The molecule has 1 aromatic heterocycles. The number of aromatic amines is 1. The average Bonchev–Trinajstić information content (AvgIpc) is 2.90. The van der Waals surface area contributed by atoms with E-state index in [0.29, 0.717) is 72.7 Å². The number of methoxy groups -OCH3 is 2. The smallest absolute Gasteiger partial charge is 0.347 e. The second-order valence-electron chi connectivity index (χ2n) is 8.58. The molecule has 0 spiro atoms. The van der Waals surface area contributed by atoms with Gasteiger partial charge >= 0.3 is 5.95 Å².